The summed E-state index contributed by atoms with van der Waals surface area (Å²) in [6.45, 7) is 1.07. The lowest BCUT2D eigenvalue weighted by atomic mass is 10.0. The lowest BCUT2D eigenvalue weighted by Crippen LogP contribution is -2.23. The molecule has 0 spiro atoms. The minimum atomic E-state index is -4.79. The first-order valence-corrected chi connectivity index (χ1v) is 11.2. The van der Waals surface area contributed by atoms with Gasteiger partial charge in [0.15, 0.2) is 0 Å². The number of halogens is 3. The van der Waals surface area contributed by atoms with Crippen molar-refractivity contribution >= 4 is 28.2 Å². The number of aliphatic hydroxyl groups is 1. The number of anilines is 2. The molecule has 2 aromatic heterocycles. The summed E-state index contributed by atoms with van der Waals surface area (Å²) in [5, 5.41) is 14.7. The van der Waals surface area contributed by atoms with Gasteiger partial charge in [0.25, 0.3) is 5.91 Å². The fraction of sp³-hybridized carbons (Fsp3) is 0.192. The molecule has 2 aromatic carbocycles. The van der Waals surface area contributed by atoms with E-state index in [1.54, 1.807) is 18.5 Å². The summed E-state index contributed by atoms with van der Waals surface area (Å²) >= 11 is 0. The van der Waals surface area contributed by atoms with E-state index in [2.05, 4.69) is 20.0 Å². The highest BCUT2D eigenvalue weighted by Gasteiger charge is 2.31. The molecule has 0 radical (unpaired) electrons. The van der Waals surface area contributed by atoms with Crippen LogP contribution in [0.5, 0.6) is 5.75 Å². The number of alkyl halides is 3. The Labute approximate surface area is 204 Å². The highest BCUT2D eigenvalue weighted by Crippen LogP contribution is 2.34. The van der Waals surface area contributed by atoms with E-state index in [9.17, 15) is 23.1 Å². The summed E-state index contributed by atoms with van der Waals surface area (Å²) < 4.78 is 41.0. The molecule has 36 heavy (non-hydrogen) atoms. The van der Waals surface area contributed by atoms with Crippen LogP contribution in [0.15, 0.2) is 73.2 Å². The summed E-state index contributed by atoms with van der Waals surface area (Å²) in [6.07, 6.45) is 0.301. The lowest BCUT2D eigenvalue weighted by Gasteiger charge is -2.21. The van der Waals surface area contributed by atoms with Crippen molar-refractivity contribution in [2.24, 2.45) is 0 Å². The van der Waals surface area contributed by atoms with E-state index in [1.807, 2.05) is 29.2 Å². The Kier molecular flexibility index (Phi) is 6.19. The van der Waals surface area contributed by atoms with Crippen LogP contribution in [0.4, 0.5) is 24.7 Å². The van der Waals surface area contributed by atoms with Gasteiger partial charge in [-0.15, -0.1) is 13.2 Å². The van der Waals surface area contributed by atoms with Gasteiger partial charge >= 0.3 is 6.36 Å². The van der Waals surface area contributed by atoms with Gasteiger partial charge in [-0.25, -0.2) is 4.98 Å². The Balaban J connectivity index is 1.45. The number of fused-ring (bicyclic) bond motifs is 1. The molecule has 2 N–H and O–H groups in total. The molecule has 1 aliphatic rings. The molecule has 1 unspecified atom stereocenters. The van der Waals surface area contributed by atoms with Gasteiger partial charge in [0, 0.05) is 48.3 Å². The van der Waals surface area contributed by atoms with Crippen LogP contribution in [0, 0.1) is 0 Å². The third-order valence-corrected chi connectivity index (χ3v) is 5.89. The molecule has 1 aliphatic heterocycles. The second kappa shape index (κ2) is 9.46. The molecular formula is C26H21F3N4O3. The number of nitrogens with one attached hydrogen (secondary N) is 1. The Bertz CT molecular complexity index is 1410. The molecule has 1 atom stereocenters. The third-order valence-electron chi connectivity index (χ3n) is 5.89. The molecule has 0 aliphatic carbocycles. The van der Waals surface area contributed by atoms with E-state index in [-0.39, 0.29) is 11.3 Å². The highest BCUT2D eigenvalue weighted by molar-refractivity contribution is 6.05. The molecule has 1 amide bonds. The molecule has 1 saturated heterocycles. The van der Waals surface area contributed by atoms with Crippen molar-refractivity contribution in [2.45, 2.75) is 18.9 Å². The third kappa shape index (κ3) is 5.23. The van der Waals surface area contributed by atoms with E-state index < -0.39 is 18.4 Å². The quantitative estimate of drug-likeness (QED) is 0.405. The van der Waals surface area contributed by atoms with Crippen LogP contribution in [-0.4, -0.2) is 46.5 Å². The molecule has 10 heteroatoms. The average Bonchev–Trinajstić information content (AvgIpc) is 3.29. The Morgan fingerprint density at radius 2 is 1.86 bits per heavy atom. The number of carbonyl (C=O) groups is 1. The van der Waals surface area contributed by atoms with Gasteiger partial charge in [-0.3, -0.25) is 9.78 Å². The Morgan fingerprint density at radius 3 is 2.58 bits per heavy atom. The van der Waals surface area contributed by atoms with Gasteiger partial charge in [-0.2, -0.15) is 0 Å². The van der Waals surface area contributed by atoms with Crippen LogP contribution in [0.1, 0.15) is 16.8 Å². The van der Waals surface area contributed by atoms with Crippen LogP contribution in [0.3, 0.4) is 0 Å². The summed E-state index contributed by atoms with van der Waals surface area (Å²) in [5.41, 5.74) is 2.13. The van der Waals surface area contributed by atoms with Crippen molar-refractivity contribution in [1.29, 1.82) is 0 Å². The van der Waals surface area contributed by atoms with Crippen molar-refractivity contribution in [3.05, 3.63) is 78.8 Å². The lowest BCUT2D eigenvalue weighted by molar-refractivity contribution is -0.274. The number of ether oxygens (including phenoxy) is 1. The fourth-order valence-corrected chi connectivity index (χ4v) is 4.18. The normalized spacial score (nSPS) is 15.8. The molecule has 4 aromatic rings. The van der Waals surface area contributed by atoms with Crippen LogP contribution in [0.25, 0.3) is 21.9 Å². The largest absolute Gasteiger partial charge is 0.573 e. The molecule has 0 saturated carbocycles. The van der Waals surface area contributed by atoms with Gasteiger partial charge in [0.1, 0.15) is 11.6 Å². The number of amides is 1. The van der Waals surface area contributed by atoms with Crippen LogP contribution >= 0.6 is 0 Å². The zero-order valence-electron chi connectivity index (χ0n) is 18.9. The Hall–Kier alpha value is -4.18. The first kappa shape index (κ1) is 23.6. The minimum absolute atomic E-state index is 0.274. The van der Waals surface area contributed by atoms with Crippen molar-refractivity contribution in [3.8, 4) is 16.9 Å². The summed E-state index contributed by atoms with van der Waals surface area (Å²) in [6, 6.07) is 14.4. The van der Waals surface area contributed by atoms with Crippen molar-refractivity contribution in [1.82, 2.24) is 9.97 Å². The summed E-state index contributed by atoms with van der Waals surface area (Å²) in [7, 11) is 0. The maximum Gasteiger partial charge on any atom is 0.573 e. The number of pyridine rings is 2. The zero-order valence-corrected chi connectivity index (χ0v) is 18.9. The number of hydrogen-bond acceptors (Lipinski definition) is 6. The number of β-amino-alcohol motifs (C(OH)–C–C–N with tert-alkyl or cyclic N) is 1. The van der Waals surface area contributed by atoms with E-state index in [1.165, 1.54) is 18.3 Å². The second-order valence-corrected chi connectivity index (χ2v) is 8.45. The van der Waals surface area contributed by atoms with E-state index in [0.717, 1.165) is 34.0 Å². The van der Waals surface area contributed by atoms with Crippen LogP contribution in [-0.2, 0) is 0 Å². The van der Waals surface area contributed by atoms with Gasteiger partial charge in [-0.05, 0) is 59.8 Å². The number of nitrogens with zero attached hydrogens (tertiary/aromatic N) is 3. The smallest absolute Gasteiger partial charge is 0.406 e. The molecule has 5 rings (SSSR count). The highest BCUT2D eigenvalue weighted by atomic mass is 19.4. The minimum Gasteiger partial charge on any atom is -0.406 e. The van der Waals surface area contributed by atoms with E-state index in [4.69, 9.17) is 0 Å². The molecule has 3 heterocycles. The number of benzene rings is 2. The maximum absolute atomic E-state index is 13.0. The second-order valence-electron chi connectivity index (χ2n) is 8.45. The number of aromatic nitrogens is 2. The molecule has 0 bridgehead atoms. The number of aliphatic hydroxyl groups excluding tert-OH is 1. The SMILES string of the molecule is O=C(Nc1ccc(OC(F)(F)F)cc1)c1cnc(N2CCC(O)C2)c(-c2ccc3ccncc3c2)c1. The number of rotatable bonds is 5. The standard InChI is InChI=1S/C26H21F3N4O3/c27-26(28,29)36-22-5-3-20(4-6-22)32-25(35)19-12-23(24(31-14-19)33-10-8-21(34)15-33)17-2-1-16-7-9-30-13-18(16)11-17/h1-7,9,11-14,21,34H,8,10,15H2,(H,32,35). The predicted molar refractivity (Wildman–Crippen MR) is 129 cm³/mol. The first-order chi connectivity index (χ1) is 17.2. The number of hydrogen-bond donors (Lipinski definition) is 2. The van der Waals surface area contributed by atoms with Gasteiger partial charge in [0.05, 0.1) is 11.7 Å². The summed E-state index contributed by atoms with van der Waals surface area (Å²) in [4.78, 5) is 23.7. The maximum atomic E-state index is 13.0. The fourth-order valence-electron chi connectivity index (χ4n) is 4.18. The van der Waals surface area contributed by atoms with Crippen LogP contribution in [0.2, 0.25) is 0 Å². The monoisotopic (exact) mass is 494 g/mol. The number of carbonyl (C=O) groups excluding carboxylic acids is 1. The molecule has 7 nitrogen and oxygen atoms in total. The van der Waals surface area contributed by atoms with Crippen molar-refractivity contribution < 1.29 is 27.8 Å². The van der Waals surface area contributed by atoms with Gasteiger partial charge in [-0.1, -0.05) is 12.1 Å². The van der Waals surface area contributed by atoms with Crippen molar-refractivity contribution in [3.63, 3.8) is 0 Å². The molecule has 184 valence electrons. The molecular weight excluding hydrogens is 473 g/mol. The zero-order chi connectivity index (χ0) is 25.3. The van der Waals surface area contributed by atoms with E-state index in [0.29, 0.717) is 31.0 Å². The summed E-state index contributed by atoms with van der Waals surface area (Å²) in [5.74, 6) is -0.198. The van der Waals surface area contributed by atoms with E-state index >= 15 is 0 Å². The molecule has 1 fully saturated rings. The average molecular weight is 494 g/mol. The Morgan fingerprint density at radius 1 is 1.06 bits per heavy atom. The van der Waals surface area contributed by atoms with Gasteiger partial charge in [0.2, 0.25) is 0 Å². The predicted octanol–water partition coefficient (Wildman–Crippen LogP) is 5.02. The van der Waals surface area contributed by atoms with Crippen LogP contribution < -0.4 is 15.0 Å². The van der Waals surface area contributed by atoms with Gasteiger partial charge < -0.3 is 20.1 Å². The van der Waals surface area contributed by atoms with Crippen molar-refractivity contribution in [2.75, 3.05) is 23.3 Å². The first-order valence-electron chi connectivity index (χ1n) is 11.2. The topological polar surface area (TPSA) is 87.6 Å².